The average Bonchev–Trinajstić information content (AvgIpc) is 2.60. The third-order valence-corrected chi connectivity index (χ3v) is 3.94. The summed E-state index contributed by atoms with van der Waals surface area (Å²) >= 11 is 0. The van der Waals surface area contributed by atoms with Gasteiger partial charge in [-0.1, -0.05) is 62.8 Å². The van der Waals surface area contributed by atoms with Crippen LogP contribution in [0.1, 0.15) is 37.7 Å². The van der Waals surface area contributed by atoms with E-state index < -0.39 is 0 Å². The highest BCUT2D eigenvalue weighted by Gasteiger charge is 2.17. The van der Waals surface area contributed by atoms with Crippen molar-refractivity contribution in [3.63, 3.8) is 0 Å². The topological polar surface area (TPSA) is 27.7 Å². The van der Waals surface area contributed by atoms with Crippen molar-refractivity contribution in [3.05, 3.63) is 60.7 Å². The second-order valence-corrected chi connectivity index (χ2v) is 6.04. The number of hydrogen-bond donors (Lipinski definition) is 0. The van der Waals surface area contributed by atoms with E-state index in [2.05, 4.69) is 13.2 Å². The van der Waals surface area contributed by atoms with Gasteiger partial charge in [0.05, 0.1) is 25.9 Å². The number of ether oxygens (including phenoxy) is 3. The minimum Gasteiger partial charge on any atom is -0.372 e. The van der Waals surface area contributed by atoms with Crippen molar-refractivity contribution in [2.24, 2.45) is 0 Å². The lowest BCUT2D eigenvalue weighted by Crippen LogP contribution is -2.25. The lowest BCUT2D eigenvalue weighted by atomic mass is 9.98. The normalized spacial score (nSPS) is 16.9. The van der Waals surface area contributed by atoms with Crippen molar-refractivity contribution in [2.45, 2.75) is 51.1 Å². The second kappa shape index (κ2) is 10.4. The van der Waals surface area contributed by atoms with E-state index in [1.54, 1.807) is 6.08 Å². The molecule has 0 aliphatic heterocycles. The maximum atomic E-state index is 5.94. The third-order valence-electron chi connectivity index (χ3n) is 3.94. The van der Waals surface area contributed by atoms with Gasteiger partial charge >= 0.3 is 0 Å². The van der Waals surface area contributed by atoms with Gasteiger partial charge in [0.2, 0.25) is 0 Å². The van der Waals surface area contributed by atoms with Crippen LogP contribution in [-0.4, -0.2) is 25.6 Å². The highest BCUT2D eigenvalue weighted by molar-refractivity contribution is 5.13. The van der Waals surface area contributed by atoms with E-state index in [1.165, 1.54) is 19.3 Å². The van der Waals surface area contributed by atoms with Crippen molar-refractivity contribution in [1.29, 1.82) is 0 Å². The summed E-state index contributed by atoms with van der Waals surface area (Å²) in [5.74, 6) is 0. The van der Waals surface area contributed by atoms with Crippen LogP contribution in [0.3, 0.4) is 0 Å². The van der Waals surface area contributed by atoms with Gasteiger partial charge in [0.1, 0.15) is 0 Å². The minimum absolute atomic E-state index is 0.300. The molecule has 1 atom stereocenters. The van der Waals surface area contributed by atoms with Crippen molar-refractivity contribution in [3.8, 4) is 0 Å². The van der Waals surface area contributed by atoms with Gasteiger partial charge < -0.3 is 14.2 Å². The van der Waals surface area contributed by atoms with Crippen LogP contribution in [0.5, 0.6) is 0 Å². The molecular weight excluding hydrogens is 288 g/mol. The van der Waals surface area contributed by atoms with Crippen LogP contribution >= 0.6 is 0 Å². The standard InChI is InChI=1S/C20H28O3/c1-3-20(23-19-12-8-5-9-13-19)22-15-17(2)14-21-16-18-10-6-4-7-11-18/h3-4,6-7,10-11,19-20H,1-2,5,8-9,12-16H2/t20-/m0/s1. The zero-order chi connectivity index (χ0) is 16.3. The van der Waals surface area contributed by atoms with Gasteiger partial charge in [-0.15, -0.1) is 0 Å². The van der Waals surface area contributed by atoms with Gasteiger partial charge in [-0.05, 0) is 30.1 Å². The van der Waals surface area contributed by atoms with Crippen LogP contribution in [0.25, 0.3) is 0 Å². The van der Waals surface area contributed by atoms with Gasteiger partial charge in [-0.25, -0.2) is 0 Å². The third kappa shape index (κ3) is 7.12. The zero-order valence-electron chi connectivity index (χ0n) is 13.9. The van der Waals surface area contributed by atoms with Crippen molar-refractivity contribution in [2.75, 3.05) is 13.2 Å². The maximum Gasteiger partial charge on any atom is 0.177 e. The van der Waals surface area contributed by atoms with E-state index in [1.807, 2.05) is 30.3 Å². The first kappa shape index (κ1) is 17.9. The molecule has 1 fully saturated rings. The monoisotopic (exact) mass is 316 g/mol. The molecule has 0 heterocycles. The molecule has 1 aliphatic rings. The molecule has 1 aliphatic carbocycles. The maximum absolute atomic E-state index is 5.94. The van der Waals surface area contributed by atoms with Gasteiger partial charge in [-0.2, -0.15) is 0 Å². The fourth-order valence-corrected chi connectivity index (χ4v) is 2.68. The molecule has 0 aromatic heterocycles. The molecule has 1 aromatic rings. The van der Waals surface area contributed by atoms with E-state index in [9.17, 15) is 0 Å². The fourth-order valence-electron chi connectivity index (χ4n) is 2.68. The van der Waals surface area contributed by atoms with Gasteiger partial charge in [0.25, 0.3) is 0 Å². The van der Waals surface area contributed by atoms with Crippen LogP contribution in [-0.2, 0) is 20.8 Å². The molecule has 126 valence electrons. The van der Waals surface area contributed by atoms with Crippen LogP contribution in [0.2, 0.25) is 0 Å². The number of benzene rings is 1. The Hall–Kier alpha value is -1.42. The van der Waals surface area contributed by atoms with Gasteiger partial charge in [0, 0.05) is 0 Å². The van der Waals surface area contributed by atoms with E-state index >= 15 is 0 Å². The average molecular weight is 316 g/mol. The first-order valence-corrected chi connectivity index (χ1v) is 8.46. The highest BCUT2D eigenvalue weighted by atomic mass is 16.7. The van der Waals surface area contributed by atoms with Gasteiger partial charge in [0.15, 0.2) is 6.29 Å². The summed E-state index contributed by atoms with van der Waals surface area (Å²) in [5, 5.41) is 0. The fraction of sp³-hybridized carbons (Fsp3) is 0.500. The highest BCUT2D eigenvalue weighted by Crippen LogP contribution is 2.22. The molecule has 0 bridgehead atoms. The van der Waals surface area contributed by atoms with Crippen LogP contribution in [0.15, 0.2) is 55.1 Å². The molecule has 3 heteroatoms. The first-order valence-electron chi connectivity index (χ1n) is 8.46. The SMILES string of the molecule is C=C[C@@H](OCC(=C)COCc1ccccc1)OC1CCCCC1. The van der Waals surface area contributed by atoms with Crippen LogP contribution < -0.4 is 0 Å². The molecule has 0 spiro atoms. The Labute approximate surface area is 139 Å². The molecule has 0 radical (unpaired) electrons. The van der Waals surface area contributed by atoms with E-state index in [0.29, 0.717) is 25.9 Å². The predicted octanol–water partition coefficient (Wildman–Crippen LogP) is 4.64. The van der Waals surface area contributed by atoms with Crippen molar-refractivity contribution in [1.82, 2.24) is 0 Å². The molecule has 1 aromatic carbocycles. The van der Waals surface area contributed by atoms with Crippen LogP contribution in [0, 0.1) is 0 Å². The molecule has 23 heavy (non-hydrogen) atoms. The van der Waals surface area contributed by atoms with Crippen molar-refractivity contribution >= 4 is 0 Å². The molecule has 0 unspecified atom stereocenters. The first-order chi connectivity index (χ1) is 11.3. The lowest BCUT2D eigenvalue weighted by molar-refractivity contribution is -0.145. The van der Waals surface area contributed by atoms with E-state index in [4.69, 9.17) is 14.2 Å². The Morgan fingerprint density at radius 2 is 1.87 bits per heavy atom. The molecular formula is C20H28O3. The molecule has 0 saturated heterocycles. The summed E-state index contributed by atoms with van der Waals surface area (Å²) in [6.45, 7) is 9.30. The van der Waals surface area contributed by atoms with E-state index in [0.717, 1.165) is 24.0 Å². The summed E-state index contributed by atoms with van der Waals surface area (Å²) in [6, 6.07) is 10.1. The summed E-state index contributed by atoms with van der Waals surface area (Å²) < 4.78 is 17.3. The largest absolute Gasteiger partial charge is 0.372 e. The van der Waals surface area contributed by atoms with Gasteiger partial charge in [-0.3, -0.25) is 0 Å². The predicted molar refractivity (Wildman–Crippen MR) is 93.1 cm³/mol. The molecule has 2 rings (SSSR count). The Bertz CT molecular complexity index is 463. The lowest BCUT2D eigenvalue weighted by Gasteiger charge is -2.26. The summed E-state index contributed by atoms with van der Waals surface area (Å²) in [7, 11) is 0. The second-order valence-electron chi connectivity index (χ2n) is 6.04. The molecule has 0 N–H and O–H groups in total. The summed E-state index contributed by atoms with van der Waals surface area (Å²) in [4.78, 5) is 0. The summed E-state index contributed by atoms with van der Waals surface area (Å²) in [6.07, 6.45) is 7.70. The van der Waals surface area contributed by atoms with E-state index in [-0.39, 0.29) is 6.29 Å². The molecule has 3 nitrogen and oxygen atoms in total. The number of rotatable bonds is 10. The zero-order valence-corrected chi connectivity index (χ0v) is 13.9. The Balaban J connectivity index is 1.61. The minimum atomic E-state index is -0.357. The Kier molecular flexibility index (Phi) is 8.08. The smallest absolute Gasteiger partial charge is 0.177 e. The number of hydrogen-bond acceptors (Lipinski definition) is 3. The molecule has 0 amide bonds. The Morgan fingerprint density at radius 3 is 2.57 bits per heavy atom. The Morgan fingerprint density at radius 1 is 1.13 bits per heavy atom. The van der Waals surface area contributed by atoms with Crippen LogP contribution in [0.4, 0.5) is 0 Å². The molecule has 1 saturated carbocycles. The quantitative estimate of drug-likeness (QED) is 0.465. The van der Waals surface area contributed by atoms with Crippen molar-refractivity contribution < 1.29 is 14.2 Å². The summed E-state index contributed by atoms with van der Waals surface area (Å²) in [5.41, 5.74) is 2.06.